The van der Waals surface area contributed by atoms with Gasteiger partial charge in [0.1, 0.15) is 5.41 Å². The van der Waals surface area contributed by atoms with Crippen molar-refractivity contribution in [3.05, 3.63) is 0 Å². The van der Waals surface area contributed by atoms with Crippen molar-refractivity contribution in [2.24, 2.45) is 10.8 Å². The van der Waals surface area contributed by atoms with Gasteiger partial charge in [-0.2, -0.15) is 0 Å². The minimum Gasteiger partial charge on any atom is -0.468 e. The molecule has 1 aliphatic heterocycles. The lowest BCUT2D eigenvalue weighted by Crippen LogP contribution is -2.49. The summed E-state index contributed by atoms with van der Waals surface area (Å²) in [6.45, 7) is 8.61. The molecule has 0 aromatic carbocycles. The van der Waals surface area contributed by atoms with Crippen LogP contribution in [-0.2, 0) is 19.0 Å². The van der Waals surface area contributed by atoms with Gasteiger partial charge in [-0.25, -0.2) is 0 Å². The van der Waals surface area contributed by atoms with E-state index in [9.17, 15) is 4.79 Å². The van der Waals surface area contributed by atoms with Crippen LogP contribution < -0.4 is 0 Å². The summed E-state index contributed by atoms with van der Waals surface area (Å²) in [7, 11) is 1.38. The van der Waals surface area contributed by atoms with E-state index < -0.39 is 5.41 Å². The van der Waals surface area contributed by atoms with Gasteiger partial charge >= 0.3 is 5.97 Å². The third-order valence-electron chi connectivity index (χ3n) is 2.49. The van der Waals surface area contributed by atoms with Gasteiger partial charge in [-0.1, -0.05) is 20.8 Å². The molecule has 1 rings (SSSR count). The third kappa shape index (κ3) is 2.69. The first kappa shape index (κ1) is 12.5. The Bertz CT molecular complexity index is 233. The fourth-order valence-electron chi connectivity index (χ4n) is 1.47. The summed E-state index contributed by atoms with van der Waals surface area (Å²) in [5, 5.41) is 0. The van der Waals surface area contributed by atoms with Crippen molar-refractivity contribution in [1.29, 1.82) is 0 Å². The standard InChI is InChI=1S/C11H20O4/c1-10(2,3)9-14-6-11(4,7-15-9)8(12)13-5/h9H,6-7H2,1-5H3. The van der Waals surface area contributed by atoms with Gasteiger partial charge in [0.25, 0.3) is 0 Å². The van der Waals surface area contributed by atoms with Crippen LogP contribution in [0.25, 0.3) is 0 Å². The zero-order valence-electron chi connectivity index (χ0n) is 10.1. The summed E-state index contributed by atoms with van der Waals surface area (Å²) in [6.07, 6.45) is -0.254. The second kappa shape index (κ2) is 4.10. The monoisotopic (exact) mass is 216 g/mol. The molecule has 0 spiro atoms. The van der Waals surface area contributed by atoms with Crippen LogP contribution in [0.3, 0.4) is 0 Å². The van der Waals surface area contributed by atoms with Crippen LogP contribution >= 0.6 is 0 Å². The molecular formula is C11H20O4. The Morgan fingerprint density at radius 2 is 1.80 bits per heavy atom. The summed E-state index contributed by atoms with van der Waals surface area (Å²) in [6, 6.07) is 0. The maximum Gasteiger partial charge on any atom is 0.316 e. The molecule has 15 heavy (non-hydrogen) atoms. The van der Waals surface area contributed by atoms with Gasteiger partial charge in [0.05, 0.1) is 20.3 Å². The van der Waals surface area contributed by atoms with Crippen LogP contribution in [0.5, 0.6) is 0 Å². The van der Waals surface area contributed by atoms with Crippen LogP contribution in [0, 0.1) is 10.8 Å². The lowest BCUT2D eigenvalue weighted by Gasteiger charge is -2.40. The molecule has 0 bridgehead atoms. The van der Waals surface area contributed by atoms with Crippen LogP contribution in [0.1, 0.15) is 27.7 Å². The number of ether oxygens (including phenoxy) is 3. The highest BCUT2D eigenvalue weighted by Gasteiger charge is 2.43. The van der Waals surface area contributed by atoms with Crippen molar-refractivity contribution in [2.45, 2.75) is 34.0 Å². The Morgan fingerprint density at radius 1 is 1.33 bits per heavy atom. The van der Waals surface area contributed by atoms with E-state index in [4.69, 9.17) is 14.2 Å². The fraction of sp³-hybridized carbons (Fsp3) is 0.909. The van der Waals surface area contributed by atoms with E-state index in [1.807, 2.05) is 20.8 Å². The molecule has 1 saturated heterocycles. The number of carbonyl (C=O) groups excluding carboxylic acids is 1. The van der Waals surface area contributed by atoms with Gasteiger partial charge in [-0.15, -0.1) is 0 Å². The Balaban J connectivity index is 2.59. The molecule has 0 aromatic rings. The number of carbonyl (C=O) groups is 1. The number of methoxy groups -OCH3 is 1. The summed E-state index contributed by atoms with van der Waals surface area (Å²) >= 11 is 0. The first-order chi connectivity index (χ1) is 6.79. The Morgan fingerprint density at radius 3 is 2.13 bits per heavy atom. The molecule has 0 unspecified atom stereocenters. The van der Waals surface area contributed by atoms with Crippen molar-refractivity contribution >= 4 is 5.97 Å². The number of esters is 1. The quantitative estimate of drug-likeness (QED) is 0.624. The van der Waals surface area contributed by atoms with Crippen molar-refractivity contribution in [1.82, 2.24) is 0 Å². The largest absolute Gasteiger partial charge is 0.468 e. The van der Waals surface area contributed by atoms with E-state index >= 15 is 0 Å². The summed E-state index contributed by atoms with van der Waals surface area (Å²) < 4.78 is 15.8. The first-order valence-electron chi connectivity index (χ1n) is 5.11. The highest BCUT2D eigenvalue weighted by Crippen LogP contribution is 2.32. The Kier molecular flexibility index (Phi) is 3.41. The van der Waals surface area contributed by atoms with Crippen LogP contribution in [0.15, 0.2) is 0 Å². The molecule has 1 aliphatic rings. The summed E-state index contributed by atoms with van der Waals surface area (Å²) in [4.78, 5) is 11.5. The average molecular weight is 216 g/mol. The van der Waals surface area contributed by atoms with E-state index in [-0.39, 0.29) is 17.7 Å². The van der Waals surface area contributed by atoms with Crippen molar-refractivity contribution < 1.29 is 19.0 Å². The molecule has 0 radical (unpaired) electrons. The molecule has 0 amide bonds. The predicted molar refractivity (Wildman–Crippen MR) is 55.3 cm³/mol. The minimum absolute atomic E-state index is 0.0720. The Labute approximate surface area is 90.9 Å². The zero-order valence-corrected chi connectivity index (χ0v) is 10.1. The van der Waals surface area contributed by atoms with Gasteiger partial charge in [0.2, 0.25) is 0 Å². The highest BCUT2D eigenvalue weighted by molar-refractivity contribution is 5.76. The van der Waals surface area contributed by atoms with Crippen molar-refractivity contribution in [3.8, 4) is 0 Å². The molecule has 4 heteroatoms. The predicted octanol–water partition coefficient (Wildman–Crippen LogP) is 1.58. The molecule has 4 nitrogen and oxygen atoms in total. The number of hydrogen-bond acceptors (Lipinski definition) is 4. The van der Waals surface area contributed by atoms with E-state index in [2.05, 4.69) is 0 Å². The normalized spacial score (nSPS) is 32.5. The van der Waals surface area contributed by atoms with Crippen LogP contribution in [0.2, 0.25) is 0 Å². The second-order valence-electron chi connectivity index (χ2n) is 5.37. The molecule has 0 aromatic heterocycles. The maximum atomic E-state index is 11.5. The molecule has 88 valence electrons. The topological polar surface area (TPSA) is 44.8 Å². The van der Waals surface area contributed by atoms with Crippen LogP contribution in [0.4, 0.5) is 0 Å². The van der Waals surface area contributed by atoms with Crippen molar-refractivity contribution in [2.75, 3.05) is 20.3 Å². The van der Waals surface area contributed by atoms with Crippen molar-refractivity contribution in [3.63, 3.8) is 0 Å². The smallest absolute Gasteiger partial charge is 0.316 e. The molecule has 0 aliphatic carbocycles. The van der Waals surface area contributed by atoms with Gasteiger partial charge in [0.15, 0.2) is 6.29 Å². The first-order valence-corrected chi connectivity index (χ1v) is 5.11. The van der Waals surface area contributed by atoms with Gasteiger partial charge in [-0.05, 0) is 6.92 Å². The lowest BCUT2D eigenvalue weighted by molar-refractivity contribution is -0.263. The van der Waals surface area contributed by atoms with Gasteiger partial charge < -0.3 is 14.2 Å². The van der Waals surface area contributed by atoms with E-state index in [1.165, 1.54) is 7.11 Å². The molecule has 0 atom stereocenters. The Hall–Kier alpha value is -0.610. The minimum atomic E-state index is -0.670. The summed E-state index contributed by atoms with van der Waals surface area (Å²) in [5.74, 6) is -0.283. The zero-order chi connectivity index (χ0) is 11.7. The SMILES string of the molecule is COC(=O)C1(C)COC(C(C)(C)C)OC1. The molecule has 0 saturated carbocycles. The fourth-order valence-corrected chi connectivity index (χ4v) is 1.47. The second-order valence-corrected chi connectivity index (χ2v) is 5.37. The summed E-state index contributed by atoms with van der Waals surface area (Å²) in [5.41, 5.74) is -0.742. The molecular weight excluding hydrogens is 196 g/mol. The number of hydrogen-bond donors (Lipinski definition) is 0. The maximum absolute atomic E-state index is 11.5. The molecule has 1 fully saturated rings. The van der Waals surface area contributed by atoms with Gasteiger partial charge in [0, 0.05) is 5.41 Å². The molecule has 0 N–H and O–H groups in total. The highest BCUT2D eigenvalue weighted by atomic mass is 16.7. The lowest BCUT2D eigenvalue weighted by atomic mass is 9.90. The van der Waals surface area contributed by atoms with Gasteiger partial charge in [-0.3, -0.25) is 4.79 Å². The van der Waals surface area contributed by atoms with E-state index in [0.717, 1.165) is 0 Å². The van der Waals surface area contributed by atoms with E-state index in [0.29, 0.717) is 13.2 Å². The third-order valence-corrected chi connectivity index (χ3v) is 2.49. The average Bonchev–Trinajstić information content (AvgIpc) is 2.15. The molecule has 1 heterocycles. The number of rotatable bonds is 1. The van der Waals surface area contributed by atoms with E-state index in [1.54, 1.807) is 6.92 Å². The van der Waals surface area contributed by atoms with Crippen LogP contribution in [-0.4, -0.2) is 32.6 Å².